The molecule has 2 heterocycles. The molecule has 0 aliphatic carbocycles. The highest BCUT2D eigenvalue weighted by Gasteiger charge is 2.28. The van der Waals surface area contributed by atoms with Gasteiger partial charge in [0.2, 0.25) is 5.91 Å². The summed E-state index contributed by atoms with van der Waals surface area (Å²) in [4.78, 5) is 22.4. The zero-order valence-electron chi connectivity index (χ0n) is 11.0. The number of aryl methyl sites for hydroxylation is 2. The van der Waals surface area contributed by atoms with Gasteiger partial charge < -0.3 is 19.9 Å². The van der Waals surface area contributed by atoms with Crippen LogP contribution < -0.4 is 10.6 Å². The van der Waals surface area contributed by atoms with Gasteiger partial charge in [-0.05, 0) is 26.7 Å². The van der Waals surface area contributed by atoms with Crippen molar-refractivity contribution in [1.29, 1.82) is 0 Å². The van der Waals surface area contributed by atoms with Crippen LogP contribution in [0.25, 0.3) is 0 Å². The van der Waals surface area contributed by atoms with Gasteiger partial charge in [-0.25, -0.2) is 4.79 Å². The highest BCUT2D eigenvalue weighted by molar-refractivity contribution is 5.87. The maximum Gasteiger partial charge on any atom is 0.407 e. The van der Waals surface area contributed by atoms with Crippen LogP contribution in [0.1, 0.15) is 23.4 Å². The number of carbonyl (C=O) groups is 2. The minimum atomic E-state index is -0.577. The molecule has 104 valence electrons. The average molecular weight is 267 g/mol. The first kappa shape index (κ1) is 13.4. The molecule has 2 N–H and O–H groups in total. The molecule has 7 nitrogen and oxygen atoms in total. The smallest absolute Gasteiger partial charge is 0.407 e. The number of ether oxygens (including phenoxy) is 1. The van der Waals surface area contributed by atoms with Gasteiger partial charge in [0, 0.05) is 12.1 Å². The van der Waals surface area contributed by atoms with Crippen LogP contribution in [0.3, 0.4) is 0 Å². The van der Waals surface area contributed by atoms with Gasteiger partial charge in [0.25, 0.3) is 0 Å². The maximum atomic E-state index is 11.6. The number of hydrogen-bond donors (Lipinski definition) is 2. The zero-order valence-corrected chi connectivity index (χ0v) is 11.0. The standard InChI is InChI=1S/C12H17N3O4/c1-7-9(8(2)19-15-7)4-3-5-13-11(16)10-6-18-12(17)14-10/h10H,3-6H2,1-2H3,(H,13,16)(H,14,17)/t10-/m0/s1. The van der Waals surface area contributed by atoms with Crippen molar-refractivity contribution < 1.29 is 18.8 Å². The van der Waals surface area contributed by atoms with Crippen LogP contribution in [0, 0.1) is 13.8 Å². The monoisotopic (exact) mass is 267 g/mol. The Morgan fingerprint density at radius 1 is 1.53 bits per heavy atom. The van der Waals surface area contributed by atoms with E-state index in [1.807, 2.05) is 13.8 Å². The molecule has 2 rings (SSSR count). The molecule has 0 radical (unpaired) electrons. The number of aromatic nitrogens is 1. The summed E-state index contributed by atoms with van der Waals surface area (Å²) in [6.07, 6.45) is 1.04. The number of hydrogen-bond acceptors (Lipinski definition) is 5. The van der Waals surface area contributed by atoms with E-state index in [0.29, 0.717) is 6.54 Å². The molecule has 7 heteroatoms. The molecule has 1 fully saturated rings. The number of amides is 2. The lowest BCUT2D eigenvalue weighted by Gasteiger charge is -2.08. The van der Waals surface area contributed by atoms with Crippen LogP contribution in [0.4, 0.5) is 4.79 Å². The van der Waals surface area contributed by atoms with Crippen molar-refractivity contribution in [3.63, 3.8) is 0 Å². The zero-order chi connectivity index (χ0) is 13.8. The van der Waals surface area contributed by atoms with Gasteiger partial charge in [0.05, 0.1) is 5.69 Å². The van der Waals surface area contributed by atoms with E-state index in [1.165, 1.54) is 0 Å². The fraction of sp³-hybridized carbons (Fsp3) is 0.583. The first-order chi connectivity index (χ1) is 9.08. The Balaban J connectivity index is 1.70. The summed E-state index contributed by atoms with van der Waals surface area (Å²) in [5.74, 6) is 0.602. The first-order valence-electron chi connectivity index (χ1n) is 6.20. The maximum absolute atomic E-state index is 11.6. The van der Waals surface area contributed by atoms with Gasteiger partial charge in [-0.2, -0.15) is 0 Å². The molecule has 1 aromatic heterocycles. The highest BCUT2D eigenvalue weighted by Crippen LogP contribution is 2.13. The van der Waals surface area contributed by atoms with E-state index in [4.69, 9.17) is 4.52 Å². The predicted octanol–water partition coefficient (Wildman–Crippen LogP) is 0.449. The minimum Gasteiger partial charge on any atom is -0.447 e. The van der Waals surface area contributed by atoms with E-state index < -0.39 is 12.1 Å². The Labute approximate surface area is 110 Å². The third-order valence-electron chi connectivity index (χ3n) is 3.07. The molecule has 1 aliphatic rings. The summed E-state index contributed by atoms with van der Waals surface area (Å²) < 4.78 is 9.72. The molecule has 0 saturated carbocycles. The summed E-state index contributed by atoms with van der Waals surface area (Å²) in [6, 6.07) is -0.577. The summed E-state index contributed by atoms with van der Waals surface area (Å²) in [5.41, 5.74) is 1.98. The predicted molar refractivity (Wildman–Crippen MR) is 65.6 cm³/mol. The third-order valence-corrected chi connectivity index (χ3v) is 3.07. The molecule has 0 aromatic carbocycles. The van der Waals surface area contributed by atoms with Crippen molar-refractivity contribution >= 4 is 12.0 Å². The van der Waals surface area contributed by atoms with E-state index in [2.05, 4.69) is 20.5 Å². The third kappa shape index (κ3) is 3.24. The second-order valence-electron chi connectivity index (χ2n) is 4.49. The van der Waals surface area contributed by atoms with Gasteiger partial charge in [-0.15, -0.1) is 0 Å². The summed E-state index contributed by atoms with van der Waals surface area (Å²) in [6.45, 7) is 4.40. The normalized spacial score (nSPS) is 18.0. The van der Waals surface area contributed by atoms with Crippen molar-refractivity contribution in [3.8, 4) is 0 Å². The van der Waals surface area contributed by atoms with Crippen LogP contribution in [-0.4, -0.2) is 36.4 Å². The Morgan fingerprint density at radius 2 is 2.32 bits per heavy atom. The number of nitrogens with one attached hydrogen (secondary N) is 2. The Morgan fingerprint density at radius 3 is 2.89 bits per heavy atom. The van der Waals surface area contributed by atoms with Crippen molar-refractivity contribution in [2.45, 2.75) is 32.7 Å². The van der Waals surface area contributed by atoms with E-state index in [9.17, 15) is 9.59 Å². The van der Waals surface area contributed by atoms with E-state index in [-0.39, 0.29) is 12.5 Å². The van der Waals surface area contributed by atoms with E-state index >= 15 is 0 Å². The summed E-state index contributed by atoms with van der Waals surface area (Å²) >= 11 is 0. The lowest BCUT2D eigenvalue weighted by molar-refractivity contribution is -0.122. The molecule has 19 heavy (non-hydrogen) atoms. The topological polar surface area (TPSA) is 93.5 Å². The minimum absolute atomic E-state index is 0.0918. The van der Waals surface area contributed by atoms with Crippen LogP contribution >= 0.6 is 0 Å². The molecule has 0 unspecified atom stereocenters. The van der Waals surface area contributed by atoms with Gasteiger partial charge >= 0.3 is 6.09 Å². The van der Waals surface area contributed by atoms with Crippen LogP contribution in [0.15, 0.2) is 4.52 Å². The highest BCUT2D eigenvalue weighted by atomic mass is 16.6. The van der Waals surface area contributed by atoms with Crippen molar-refractivity contribution in [2.24, 2.45) is 0 Å². The average Bonchev–Trinajstić information content (AvgIpc) is 2.94. The summed E-state index contributed by atoms with van der Waals surface area (Å²) in [7, 11) is 0. The molecule has 0 spiro atoms. The fourth-order valence-corrected chi connectivity index (χ4v) is 1.98. The number of carbonyl (C=O) groups excluding carboxylic acids is 2. The fourth-order valence-electron chi connectivity index (χ4n) is 1.98. The summed E-state index contributed by atoms with van der Waals surface area (Å²) in [5, 5.41) is 9.06. The molecular weight excluding hydrogens is 250 g/mol. The van der Waals surface area contributed by atoms with E-state index in [1.54, 1.807) is 0 Å². The molecule has 0 bridgehead atoms. The van der Waals surface area contributed by atoms with Gasteiger partial charge in [0.15, 0.2) is 0 Å². The van der Waals surface area contributed by atoms with E-state index in [0.717, 1.165) is 29.9 Å². The van der Waals surface area contributed by atoms with Crippen molar-refractivity contribution in [2.75, 3.05) is 13.2 Å². The van der Waals surface area contributed by atoms with Crippen LogP contribution in [-0.2, 0) is 16.0 Å². The lowest BCUT2D eigenvalue weighted by Crippen LogP contribution is -2.43. The number of cyclic esters (lactones) is 1. The van der Waals surface area contributed by atoms with Crippen LogP contribution in [0.5, 0.6) is 0 Å². The van der Waals surface area contributed by atoms with Gasteiger partial charge in [-0.1, -0.05) is 5.16 Å². The van der Waals surface area contributed by atoms with Crippen molar-refractivity contribution in [3.05, 3.63) is 17.0 Å². The number of rotatable bonds is 5. The number of nitrogens with zero attached hydrogens (tertiary/aromatic N) is 1. The molecule has 1 atom stereocenters. The Bertz CT molecular complexity index is 464. The van der Waals surface area contributed by atoms with Crippen LogP contribution in [0.2, 0.25) is 0 Å². The Kier molecular flexibility index (Phi) is 4.03. The second-order valence-corrected chi connectivity index (χ2v) is 4.49. The largest absolute Gasteiger partial charge is 0.447 e. The van der Waals surface area contributed by atoms with Gasteiger partial charge in [0.1, 0.15) is 18.4 Å². The second kappa shape index (κ2) is 5.73. The molecule has 1 saturated heterocycles. The number of alkyl carbamates (subject to hydrolysis) is 1. The molecule has 1 aliphatic heterocycles. The molecule has 2 amide bonds. The molecular formula is C12H17N3O4. The lowest BCUT2D eigenvalue weighted by atomic mass is 10.1. The quantitative estimate of drug-likeness (QED) is 0.755. The van der Waals surface area contributed by atoms with Gasteiger partial charge in [-0.3, -0.25) is 4.79 Å². The first-order valence-corrected chi connectivity index (χ1v) is 6.20. The van der Waals surface area contributed by atoms with Crippen molar-refractivity contribution in [1.82, 2.24) is 15.8 Å². The molecule has 1 aromatic rings. The SMILES string of the molecule is Cc1noc(C)c1CCCNC(=O)[C@@H]1COC(=O)N1. The Hall–Kier alpha value is -2.05.